The molecular formula is C26H29ClF2N6O2. The molecule has 0 radical (unpaired) electrons. The number of aryl methyl sites for hydroxylation is 1. The zero-order valence-corrected chi connectivity index (χ0v) is 21.5. The highest BCUT2D eigenvalue weighted by Gasteiger charge is 2.51. The Kier molecular flexibility index (Phi) is 5.89. The minimum absolute atomic E-state index is 0.0865. The minimum atomic E-state index is -3.09. The summed E-state index contributed by atoms with van der Waals surface area (Å²) in [5, 5.41) is 7.23. The van der Waals surface area contributed by atoms with Gasteiger partial charge in [0, 0.05) is 31.2 Å². The Bertz CT molecular complexity index is 1430. The van der Waals surface area contributed by atoms with Gasteiger partial charge in [-0.05, 0) is 55.7 Å². The van der Waals surface area contributed by atoms with Crippen LogP contribution in [0, 0.1) is 11.8 Å². The van der Waals surface area contributed by atoms with Crippen LogP contribution in [0.25, 0.3) is 10.9 Å². The van der Waals surface area contributed by atoms with Gasteiger partial charge in [-0.25, -0.2) is 13.8 Å². The molecule has 3 aliphatic rings. The maximum atomic E-state index is 14.9. The molecule has 0 spiro atoms. The highest BCUT2D eigenvalue weighted by molar-refractivity contribution is 6.32. The molecule has 2 aliphatic heterocycles. The van der Waals surface area contributed by atoms with Crippen molar-refractivity contribution in [3.05, 3.63) is 39.8 Å². The summed E-state index contributed by atoms with van der Waals surface area (Å²) in [6.07, 6.45) is 5.30. The fourth-order valence-electron chi connectivity index (χ4n) is 5.39. The van der Waals surface area contributed by atoms with E-state index in [1.165, 1.54) is 11.0 Å². The summed E-state index contributed by atoms with van der Waals surface area (Å²) in [6, 6.07) is 4.29. The van der Waals surface area contributed by atoms with Gasteiger partial charge in [0.25, 0.3) is 5.56 Å². The van der Waals surface area contributed by atoms with Gasteiger partial charge in [0.15, 0.2) is 12.4 Å². The lowest BCUT2D eigenvalue weighted by Crippen LogP contribution is -2.44. The molecule has 2 N–H and O–H groups in total. The molecule has 37 heavy (non-hydrogen) atoms. The van der Waals surface area contributed by atoms with E-state index in [-0.39, 0.29) is 11.7 Å². The fourth-order valence-corrected chi connectivity index (χ4v) is 5.53. The van der Waals surface area contributed by atoms with E-state index < -0.39 is 24.1 Å². The smallest absolute Gasteiger partial charge is 0.301 e. The molecule has 4 heterocycles. The molecule has 1 aliphatic carbocycles. The molecule has 11 heteroatoms. The summed E-state index contributed by atoms with van der Waals surface area (Å²) in [6.45, 7) is 3.16. The molecule has 0 unspecified atom stereocenters. The SMILES string of the molecule is C[C@@H]1CCCN(c2ncc(Cl)c(Nc3ccc4c(c3)c3c(c(=O)n4C)OCC(F)(F)[C@H](C4CC4)N3)n2)C1. The topological polar surface area (TPSA) is 84.3 Å². The van der Waals surface area contributed by atoms with Crippen LogP contribution in [0.2, 0.25) is 5.02 Å². The summed E-state index contributed by atoms with van der Waals surface area (Å²) in [5.41, 5.74) is 1.09. The first kappa shape index (κ1) is 24.2. The maximum Gasteiger partial charge on any atom is 0.301 e. The van der Waals surface area contributed by atoms with Crippen LogP contribution in [0.15, 0.2) is 29.2 Å². The Morgan fingerprint density at radius 1 is 1.27 bits per heavy atom. The van der Waals surface area contributed by atoms with Gasteiger partial charge in [-0.15, -0.1) is 0 Å². The van der Waals surface area contributed by atoms with Gasteiger partial charge in [-0.1, -0.05) is 18.5 Å². The third-order valence-electron chi connectivity index (χ3n) is 7.54. The van der Waals surface area contributed by atoms with Gasteiger partial charge >= 0.3 is 5.92 Å². The Balaban J connectivity index is 1.39. The van der Waals surface area contributed by atoms with Gasteiger partial charge in [0.05, 0.1) is 23.4 Å². The first-order chi connectivity index (χ1) is 17.7. The van der Waals surface area contributed by atoms with Crippen molar-refractivity contribution in [3.8, 4) is 5.75 Å². The molecular weight excluding hydrogens is 502 g/mol. The minimum Gasteiger partial charge on any atom is -0.480 e. The highest BCUT2D eigenvalue weighted by atomic mass is 35.5. The molecule has 0 amide bonds. The first-order valence-electron chi connectivity index (χ1n) is 12.7. The van der Waals surface area contributed by atoms with E-state index in [4.69, 9.17) is 16.3 Å². The molecule has 2 atom stereocenters. The van der Waals surface area contributed by atoms with Crippen LogP contribution < -0.4 is 25.8 Å². The van der Waals surface area contributed by atoms with Gasteiger partial charge in [0.2, 0.25) is 11.7 Å². The lowest BCUT2D eigenvalue weighted by atomic mass is 10.0. The predicted molar refractivity (Wildman–Crippen MR) is 141 cm³/mol. The number of pyridine rings is 1. The third kappa shape index (κ3) is 4.45. The summed E-state index contributed by atoms with van der Waals surface area (Å²) in [7, 11) is 1.61. The van der Waals surface area contributed by atoms with E-state index in [1.54, 1.807) is 31.4 Å². The van der Waals surface area contributed by atoms with Crippen LogP contribution in [-0.2, 0) is 7.05 Å². The molecule has 1 saturated carbocycles. The number of aromatic nitrogens is 3. The lowest BCUT2D eigenvalue weighted by Gasteiger charge is -2.31. The van der Waals surface area contributed by atoms with E-state index in [0.29, 0.717) is 45.0 Å². The Morgan fingerprint density at radius 3 is 2.84 bits per heavy atom. The number of ether oxygens (including phenoxy) is 1. The van der Waals surface area contributed by atoms with Crippen molar-refractivity contribution >= 4 is 45.6 Å². The number of hydrogen-bond donors (Lipinski definition) is 2. The second-order valence-corrected chi connectivity index (χ2v) is 10.9. The van der Waals surface area contributed by atoms with E-state index in [9.17, 15) is 13.6 Å². The average Bonchev–Trinajstić information content (AvgIpc) is 3.71. The second-order valence-electron chi connectivity index (χ2n) is 10.5. The Labute approximate surface area is 218 Å². The molecule has 2 fully saturated rings. The third-order valence-corrected chi connectivity index (χ3v) is 7.82. The van der Waals surface area contributed by atoms with Gasteiger partial charge in [-0.3, -0.25) is 4.79 Å². The number of piperidine rings is 1. The van der Waals surface area contributed by atoms with Gasteiger partial charge < -0.3 is 24.8 Å². The van der Waals surface area contributed by atoms with Crippen molar-refractivity contribution in [2.24, 2.45) is 18.9 Å². The number of hydrogen-bond acceptors (Lipinski definition) is 7. The predicted octanol–water partition coefficient (Wildman–Crippen LogP) is 5.18. The number of anilines is 4. The summed E-state index contributed by atoms with van der Waals surface area (Å²) in [5.74, 6) is -1.71. The van der Waals surface area contributed by atoms with Crippen LogP contribution in [0.3, 0.4) is 0 Å². The number of fused-ring (bicyclic) bond motifs is 3. The maximum absolute atomic E-state index is 14.9. The van der Waals surface area contributed by atoms with Gasteiger partial charge in [-0.2, -0.15) is 4.98 Å². The van der Waals surface area contributed by atoms with Crippen LogP contribution in [-0.4, -0.2) is 46.2 Å². The van der Waals surface area contributed by atoms with E-state index in [2.05, 4.69) is 32.4 Å². The molecule has 1 aromatic carbocycles. The van der Waals surface area contributed by atoms with Crippen LogP contribution in [0.4, 0.5) is 31.9 Å². The lowest BCUT2D eigenvalue weighted by molar-refractivity contribution is -0.0579. The monoisotopic (exact) mass is 530 g/mol. The van der Waals surface area contributed by atoms with E-state index >= 15 is 0 Å². The quantitative estimate of drug-likeness (QED) is 0.481. The second kappa shape index (κ2) is 9.01. The van der Waals surface area contributed by atoms with Crippen molar-refractivity contribution in [2.45, 2.75) is 44.6 Å². The van der Waals surface area contributed by atoms with E-state index in [0.717, 1.165) is 32.4 Å². The Morgan fingerprint density at radius 2 is 2.08 bits per heavy atom. The molecule has 6 rings (SSSR count). The molecule has 196 valence electrons. The van der Waals surface area contributed by atoms with Crippen molar-refractivity contribution in [1.29, 1.82) is 0 Å². The van der Waals surface area contributed by atoms with Crippen LogP contribution in [0.5, 0.6) is 5.75 Å². The molecule has 0 bridgehead atoms. The largest absolute Gasteiger partial charge is 0.480 e. The fraction of sp³-hybridized carbons (Fsp3) is 0.500. The zero-order valence-electron chi connectivity index (χ0n) is 20.7. The highest BCUT2D eigenvalue weighted by Crippen LogP contribution is 2.45. The first-order valence-corrected chi connectivity index (χ1v) is 13.1. The number of nitrogens with zero attached hydrogens (tertiary/aromatic N) is 4. The van der Waals surface area contributed by atoms with Crippen molar-refractivity contribution in [3.63, 3.8) is 0 Å². The summed E-state index contributed by atoms with van der Waals surface area (Å²) < 4.78 is 36.7. The van der Waals surface area contributed by atoms with Crippen molar-refractivity contribution < 1.29 is 13.5 Å². The molecule has 2 aromatic heterocycles. The average molecular weight is 531 g/mol. The van der Waals surface area contributed by atoms with Crippen molar-refractivity contribution in [1.82, 2.24) is 14.5 Å². The zero-order chi connectivity index (χ0) is 25.9. The standard InChI is InChI=1S/C26H29ClF2N6O2/c1-14-4-3-9-35(12-14)25-30-11-18(27)23(33-25)31-16-7-8-19-17(10-16)20-21(24(36)34(19)2)37-13-26(28,29)22(32-20)15-5-6-15/h7-8,10-11,14-15,22,32H,3-6,9,12-13H2,1-2H3,(H,30,31,33)/t14-,22+/m1/s1. The van der Waals surface area contributed by atoms with Crippen LogP contribution >= 0.6 is 11.6 Å². The number of rotatable bonds is 4. The molecule has 8 nitrogen and oxygen atoms in total. The number of halogens is 3. The number of nitrogens with one attached hydrogen (secondary N) is 2. The van der Waals surface area contributed by atoms with Gasteiger partial charge in [0.1, 0.15) is 5.02 Å². The van der Waals surface area contributed by atoms with Crippen LogP contribution in [0.1, 0.15) is 32.6 Å². The molecule has 3 aromatic rings. The number of benzene rings is 1. The summed E-state index contributed by atoms with van der Waals surface area (Å²) in [4.78, 5) is 24.3. The molecule has 1 saturated heterocycles. The number of alkyl halides is 2. The Hall–Kier alpha value is -3.14. The van der Waals surface area contributed by atoms with E-state index in [1.807, 2.05) is 0 Å². The summed E-state index contributed by atoms with van der Waals surface area (Å²) >= 11 is 6.44. The normalized spacial score (nSPS) is 23.1. The van der Waals surface area contributed by atoms with Crippen molar-refractivity contribution in [2.75, 3.05) is 35.2 Å².